The van der Waals surface area contributed by atoms with Gasteiger partial charge in [-0.2, -0.15) is 0 Å². The molecule has 2 rings (SSSR count). The van der Waals surface area contributed by atoms with E-state index in [1.807, 2.05) is 0 Å². The minimum Gasteiger partial charge on any atom is -0.469 e. The normalized spacial score (nSPS) is 33.0. The highest BCUT2D eigenvalue weighted by molar-refractivity contribution is 5.69. The van der Waals surface area contributed by atoms with Crippen LogP contribution < -0.4 is 0 Å². The second-order valence-corrected chi connectivity index (χ2v) is 5.38. The first kappa shape index (κ1) is 13.6. The summed E-state index contributed by atoms with van der Waals surface area (Å²) in [5, 5.41) is 0. The summed E-state index contributed by atoms with van der Waals surface area (Å²) in [6.45, 7) is 0.990. The molecule has 2 bridgehead atoms. The molecule has 0 aromatic rings. The van der Waals surface area contributed by atoms with Crippen molar-refractivity contribution in [3.05, 3.63) is 12.2 Å². The van der Waals surface area contributed by atoms with Gasteiger partial charge in [0.2, 0.25) is 0 Å². The summed E-state index contributed by atoms with van der Waals surface area (Å²) in [6.07, 6.45) is 8.24. The maximum Gasteiger partial charge on any atom is 0.305 e. The van der Waals surface area contributed by atoms with Gasteiger partial charge in [0, 0.05) is 18.9 Å². The number of hydrogen-bond donors (Lipinski definition) is 0. The zero-order chi connectivity index (χ0) is 13.0. The van der Waals surface area contributed by atoms with E-state index in [1.54, 1.807) is 7.11 Å². The number of fused-ring (bicyclic) bond motifs is 2. The Bertz CT molecular complexity index is 326. The second kappa shape index (κ2) is 5.85. The van der Waals surface area contributed by atoms with Crippen LogP contribution in [0.3, 0.4) is 0 Å². The van der Waals surface area contributed by atoms with Crippen molar-refractivity contribution in [2.75, 3.05) is 27.6 Å². The number of carbonyl (C=O) groups excluding carboxylic acids is 1. The van der Waals surface area contributed by atoms with Gasteiger partial charge >= 0.3 is 5.97 Å². The monoisotopic (exact) mass is 254 g/mol. The molecular formula is C14H22O4. The van der Waals surface area contributed by atoms with E-state index in [0.29, 0.717) is 31.7 Å². The quantitative estimate of drug-likeness (QED) is 0.302. The first-order valence-electron chi connectivity index (χ1n) is 6.52. The van der Waals surface area contributed by atoms with Crippen LogP contribution in [0.1, 0.15) is 25.7 Å². The summed E-state index contributed by atoms with van der Waals surface area (Å²) < 4.78 is 15.3. The summed E-state index contributed by atoms with van der Waals surface area (Å²) in [5.74, 6) is 1.08. The van der Waals surface area contributed by atoms with Crippen molar-refractivity contribution in [2.45, 2.75) is 25.7 Å². The van der Waals surface area contributed by atoms with Gasteiger partial charge in [0.15, 0.2) is 0 Å². The highest BCUT2D eigenvalue weighted by atomic mass is 16.7. The number of carbonyl (C=O) groups is 1. The van der Waals surface area contributed by atoms with Crippen molar-refractivity contribution >= 4 is 5.97 Å². The molecule has 18 heavy (non-hydrogen) atoms. The Labute approximate surface area is 108 Å². The Morgan fingerprint density at radius 1 is 1.39 bits per heavy atom. The highest BCUT2D eigenvalue weighted by Crippen LogP contribution is 2.54. The largest absolute Gasteiger partial charge is 0.469 e. The minimum absolute atomic E-state index is 0.103. The maximum atomic E-state index is 11.3. The molecule has 3 unspecified atom stereocenters. The van der Waals surface area contributed by atoms with Crippen molar-refractivity contribution in [1.29, 1.82) is 0 Å². The Morgan fingerprint density at radius 2 is 2.22 bits per heavy atom. The average molecular weight is 254 g/mol. The minimum atomic E-state index is -0.132. The zero-order valence-electron chi connectivity index (χ0n) is 11.2. The van der Waals surface area contributed by atoms with Crippen molar-refractivity contribution in [2.24, 2.45) is 17.3 Å². The number of methoxy groups -OCH3 is 2. The predicted octanol–water partition coefficient (Wildman–Crippen LogP) is 2.14. The van der Waals surface area contributed by atoms with Crippen LogP contribution in [0.5, 0.6) is 0 Å². The zero-order valence-corrected chi connectivity index (χ0v) is 11.2. The van der Waals surface area contributed by atoms with Gasteiger partial charge in [0.25, 0.3) is 0 Å². The first-order chi connectivity index (χ1) is 8.70. The molecular weight excluding hydrogens is 232 g/mol. The van der Waals surface area contributed by atoms with Gasteiger partial charge in [-0.15, -0.1) is 0 Å². The summed E-state index contributed by atoms with van der Waals surface area (Å²) in [6, 6.07) is 0. The molecule has 0 radical (unpaired) electrons. The molecule has 2 aliphatic carbocycles. The van der Waals surface area contributed by atoms with Crippen molar-refractivity contribution < 1.29 is 19.0 Å². The fraction of sp³-hybridized carbons (Fsp3) is 0.786. The molecule has 4 nitrogen and oxygen atoms in total. The lowest BCUT2D eigenvalue weighted by Crippen LogP contribution is -2.32. The molecule has 0 heterocycles. The molecule has 2 aliphatic rings. The molecule has 0 N–H and O–H groups in total. The molecule has 0 spiro atoms. The van der Waals surface area contributed by atoms with E-state index in [2.05, 4.69) is 12.2 Å². The lowest BCUT2D eigenvalue weighted by Gasteiger charge is -2.35. The molecule has 0 aliphatic heterocycles. The Balaban J connectivity index is 1.95. The lowest BCUT2D eigenvalue weighted by molar-refractivity contribution is -0.142. The summed E-state index contributed by atoms with van der Waals surface area (Å²) in [5.41, 5.74) is 0.103. The van der Waals surface area contributed by atoms with E-state index in [0.717, 1.165) is 12.8 Å². The number of rotatable bonds is 7. The van der Waals surface area contributed by atoms with Crippen LogP contribution in [-0.2, 0) is 19.0 Å². The van der Waals surface area contributed by atoms with Gasteiger partial charge in [-0.25, -0.2) is 0 Å². The number of esters is 1. The topological polar surface area (TPSA) is 44.8 Å². The average Bonchev–Trinajstić information content (AvgIpc) is 2.97. The molecule has 0 aromatic heterocycles. The summed E-state index contributed by atoms with van der Waals surface area (Å²) in [7, 11) is 3.07. The molecule has 1 saturated carbocycles. The molecule has 1 fully saturated rings. The van der Waals surface area contributed by atoms with Gasteiger partial charge < -0.3 is 14.2 Å². The highest BCUT2D eigenvalue weighted by Gasteiger charge is 2.48. The molecule has 0 saturated heterocycles. The van der Waals surface area contributed by atoms with Gasteiger partial charge in [-0.1, -0.05) is 12.2 Å². The van der Waals surface area contributed by atoms with Crippen LogP contribution in [0, 0.1) is 17.3 Å². The lowest BCUT2D eigenvalue weighted by atomic mass is 9.73. The smallest absolute Gasteiger partial charge is 0.305 e. The molecule has 3 atom stereocenters. The predicted molar refractivity (Wildman–Crippen MR) is 66.9 cm³/mol. The van der Waals surface area contributed by atoms with Crippen LogP contribution in [0.25, 0.3) is 0 Å². The first-order valence-corrected chi connectivity index (χ1v) is 6.52. The fourth-order valence-electron chi connectivity index (χ4n) is 3.36. The van der Waals surface area contributed by atoms with Gasteiger partial charge in [-0.05, 0) is 31.1 Å². The summed E-state index contributed by atoms with van der Waals surface area (Å²) >= 11 is 0. The van der Waals surface area contributed by atoms with Gasteiger partial charge in [0.1, 0.15) is 6.79 Å². The number of ether oxygens (including phenoxy) is 3. The molecule has 0 aromatic carbocycles. The van der Waals surface area contributed by atoms with E-state index >= 15 is 0 Å². The fourth-order valence-corrected chi connectivity index (χ4v) is 3.36. The molecule has 4 heteroatoms. The Hall–Kier alpha value is -0.870. The standard InChI is InChI=1S/C14H22O4/c1-16-10-18-9-14(6-5-13(15)17-2)8-11-3-4-12(14)7-11/h3-4,11-12H,5-10H2,1-2H3. The second-order valence-electron chi connectivity index (χ2n) is 5.38. The molecule has 102 valence electrons. The van der Waals surface area contributed by atoms with Crippen molar-refractivity contribution in [3.63, 3.8) is 0 Å². The maximum absolute atomic E-state index is 11.3. The van der Waals surface area contributed by atoms with E-state index in [-0.39, 0.29) is 11.4 Å². The van der Waals surface area contributed by atoms with E-state index in [1.165, 1.54) is 13.5 Å². The van der Waals surface area contributed by atoms with Crippen LogP contribution in [0.2, 0.25) is 0 Å². The van der Waals surface area contributed by atoms with E-state index in [9.17, 15) is 4.79 Å². The number of allylic oxidation sites excluding steroid dienone is 2. The van der Waals surface area contributed by atoms with Gasteiger partial charge in [0.05, 0.1) is 13.7 Å². The van der Waals surface area contributed by atoms with Gasteiger partial charge in [-0.3, -0.25) is 4.79 Å². The molecule has 0 amide bonds. The third-order valence-corrected chi connectivity index (χ3v) is 4.27. The van der Waals surface area contributed by atoms with Crippen molar-refractivity contribution in [1.82, 2.24) is 0 Å². The van der Waals surface area contributed by atoms with Crippen LogP contribution in [-0.4, -0.2) is 33.6 Å². The third-order valence-electron chi connectivity index (χ3n) is 4.27. The van der Waals surface area contributed by atoms with Crippen LogP contribution >= 0.6 is 0 Å². The van der Waals surface area contributed by atoms with Crippen LogP contribution in [0.4, 0.5) is 0 Å². The van der Waals surface area contributed by atoms with Crippen LogP contribution in [0.15, 0.2) is 12.2 Å². The van der Waals surface area contributed by atoms with E-state index in [4.69, 9.17) is 14.2 Å². The SMILES string of the molecule is COCOCC1(CCC(=O)OC)CC2C=CC1C2. The van der Waals surface area contributed by atoms with Crippen molar-refractivity contribution in [3.8, 4) is 0 Å². The Kier molecular flexibility index (Phi) is 4.40. The van der Waals surface area contributed by atoms with E-state index < -0.39 is 0 Å². The summed E-state index contributed by atoms with van der Waals surface area (Å²) in [4.78, 5) is 11.3. The third kappa shape index (κ3) is 2.75. The number of hydrogen-bond acceptors (Lipinski definition) is 4. The Morgan fingerprint density at radius 3 is 2.78 bits per heavy atom.